The van der Waals surface area contributed by atoms with Crippen molar-refractivity contribution in [1.82, 2.24) is 0 Å². The Hall–Kier alpha value is -1.70. The van der Waals surface area contributed by atoms with Gasteiger partial charge in [-0.2, -0.15) is 0 Å². The van der Waals surface area contributed by atoms with Crippen LogP contribution in [0.3, 0.4) is 0 Å². The molecular weight excluding hydrogens is 260 g/mol. The van der Waals surface area contributed by atoms with Gasteiger partial charge in [0.25, 0.3) is 0 Å². The van der Waals surface area contributed by atoms with E-state index in [0.29, 0.717) is 11.5 Å². The van der Waals surface area contributed by atoms with Crippen molar-refractivity contribution >= 4 is 10.8 Å². The van der Waals surface area contributed by atoms with Crippen molar-refractivity contribution in [3.63, 3.8) is 0 Å². The summed E-state index contributed by atoms with van der Waals surface area (Å²) in [6.45, 7) is 2.20. The van der Waals surface area contributed by atoms with E-state index in [9.17, 15) is 10.2 Å². The number of fused-ring (bicyclic) bond motifs is 2. The molecule has 0 saturated carbocycles. The summed E-state index contributed by atoms with van der Waals surface area (Å²) < 4.78 is 0. The predicted molar refractivity (Wildman–Crippen MR) is 87.1 cm³/mol. The van der Waals surface area contributed by atoms with Crippen molar-refractivity contribution in [2.24, 2.45) is 0 Å². The number of aromatic hydroxyl groups is 2. The molecule has 1 aliphatic rings. The molecule has 0 fully saturated rings. The van der Waals surface area contributed by atoms with Crippen LogP contribution in [0, 0.1) is 0 Å². The van der Waals surface area contributed by atoms with Gasteiger partial charge in [0, 0.05) is 21.9 Å². The molecule has 112 valence electrons. The molecule has 0 amide bonds. The number of benzene rings is 2. The molecule has 0 atom stereocenters. The SMILES string of the molecule is CCCCCc1ccc2c(O)c3c(c(O)c2c1)CCCC3. The van der Waals surface area contributed by atoms with Crippen LogP contribution in [0.4, 0.5) is 0 Å². The predicted octanol–water partition coefficient (Wildman–Crippen LogP) is 4.86. The Kier molecular flexibility index (Phi) is 4.05. The maximum absolute atomic E-state index is 10.6. The average molecular weight is 284 g/mol. The summed E-state index contributed by atoms with van der Waals surface area (Å²) >= 11 is 0. The van der Waals surface area contributed by atoms with E-state index in [-0.39, 0.29) is 0 Å². The third-order valence-electron chi connectivity index (χ3n) is 4.70. The van der Waals surface area contributed by atoms with E-state index < -0.39 is 0 Å². The molecule has 2 heteroatoms. The number of hydrogen-bond donors (Lipinski definition) is 2. The van der Waals surface area contributed by atoms with Gasteiger partial charge in [0.15, 0.2) is 0 Å². The first-order valence-electron chi connectivity index (χ1n) is 8.20. The standard InChI is InChI=1S/C19H24O2/c1-2-3-4-7-13-10-11-16-17(12-13)19(21)15-9-6-5-8-14(15)18(16)20/h10-12,20-21H,2-9H2,1H3. The topological polar surface area (TPSA) is 40.5 Å². The van der Waals surface area contributed by atoms with Crippen LogP contribution in [-0.2, 0) is 19.3 Å². The van der Waals surface area contributed by atoms with Crippen LogP contribution >= 0.6 is 0 Å². The van der Waals surface area contributed by atoms with Crippen LogP contribution in [0.15, 0.2) is 18.2 Å². The number of unbranched alkanes of at least 4 members (excludes halogenated alkanes) is 2. The molecule has 0 heterocycles. The first kappa shape index (κ1) is 14.2. The minimum atomic E-state index is 0.387. The van der Waals surface area contributed by atoms with Crippen molar-refractivity contribution in [2.45, 2.75) is 58.3 Å². The summed E-state index contributed by atoms with van der Waals surface area (Å²) in [5.41, 5.74) is 3.18. The Morgan fingerprint density at radius 1 is 0.905 bits per heavy atom. The first-order chi connectivity index (χ1) is 10.2. The van der Waals surface area contributed by atoms with Gasteiger partial charge in [-0.25, -0.2) is 0 Å². The Morgan fingerprint density at radius 2 is 1.57 bits per heavy atom. The van der Waals surface area contributed by atoms with Crippen LogP contribution < -0.4 is 0 Å². The molecular formula is C19H24O2. The van der Waals surface area contributed by atoms with Gasteiger partial charge in [0.1, 0.15) is 11.5 Å². The average Bonchev–Trinajstić information content (AvgIpc) is 2.53. The minimum Gasteiger partial charge on any atom is -0.507 e. The van der Waals surface area contributed by atoms with Gasteiger partial charge in [-0.15, -0.1) is 0 Å². The fraction of sp³-hybridized carbons (Fsp3) is 0.474. The Balaban J connectivity index is 2.06. The monoisotopic (exact) mass is 284 g/mol. The summed E-state index contributed by atoms with van der Waals surface area (Å²) in [7, 11) is 0. The molecule has 21 heavy (non-hydrogen) atoms. The van der Waals surface area contributed by atoms with Gasteiger partial charge in [-0.1, -0.05) is 31.9 Å². The van der Waals surface area contributed by atoms with E-state index in [1.165, 1.54) is 24.8 Å². The highest BCUT2D eigenvalue weighted by atomic mass is 16.3. The van der Waals surface area contributed by atoms with Gasteiger partial charge in [-0.05, 0) is 50.2 Å². The maximum Gasteiger partial charge on any atom is 0.127 e. The van der Waals surface area contributed by atoms with Crippen LogP contribution in [0.25, 0.3) is 10.8 Å². The normalized spacial score (nSPS) is 14.3. The zero-order valence-corrected chi connectivity index (χ0v) is 12.8. The molecule has 2 aromatic rings. The second-order valence-electron chi connectivity index (χ2n) is 6.20. The van der Waals surface area contributed by atoms with Gasteiger partial charge < -0.3 is 10.2 Å². The lowest BCUT2D eigenvalue weighted by Crippen LogP contribution is -2.04. The van der Waals surface area contributed by atoms with Crippen molar-refractivity contribution in [2.75, 3.05) is 0 Å². The molecule has 0 spiro atoms. The van der Waals surface area contributed by atoms with Crippen LogP contribution in [-0.4, -0.2) is 10.2 Å². The summed E-state index contributed by atoms with van der Waals surface area (Å²) in [4.78, 5) is 0. The quantitative estimate of drug-likeness (QED) is 0.621. The lowest BCUT2D eigenvalue weighted by Gasteiger charge is -2.21. The molecule has 2 aromatic carbocycles. The number of rotatable bonds is 4. The largest absolute Gasteiger partial charge is 0.507 e. The zero-order chi connectivity index (χ0) is 14.8. The maximum atomic E-state index is 10.6. The molecule has 2 nitrogen and oxygen atoms in total. The fourth-order valence-electron chi connectivity index (χ4n) is 3.48. The summed E-state index contributed by atoms with van der Waals surface area (Å²) in [6.07, 6.45) is 8.63. The first-order valence-corrected chi connectivity index (χ1v) is 8.20. The zero-order valence-electron chi connectivity index (χ0n) is 12.8. The summed E-state index contributed by atoms with van der Waals surface area (Å²) in [5, 5.41) is 22.7. The van der Waals surface area contributed by atoms with Crippen LogP contribution in [0.2, 0.25) is 0 Å². The van der Waals surface area contributed by atoms with E-state index in [4.69, 9.17) is 0 Å². The number of phenols is 2. The third-order valence-corrected chi connectivity index (χ3v) is 4.70. The van der Waals surface area contributed by atoms with E-state index in [1.54, 1.807) is 0 Å². The van der Waals surface area contributed by atoms with Crippen molar-refractivity contribution in [1.29, 1.82) is 0 Å². The van der Waals surface area contributed by atoms with E-state index in [1.807, 2.05) is 6.07 Å². The molecule has 0 radical (unpaired) electrons. The Labute approximate surface area is 126 Å². The highest BCUT2D eigenvalue weighted by molar-refractivity contribution is 5.96. The van der Waals surface area contributed by atoms with Gasteiger partial charge >= 0.3 is 0 Å². The van der Waals surface area contributed by atoms with Gasteiger partial charge in [0.05, 0.1) is 0 Å². The van der Waals surface area contributed by atoms with Gasteiger partial charge in [0.2, 0.25) is 0 Å². The second kappa shape index (κ2) is 5.97. The Bertz CT molecular complexity index is 658. The minimum absolute atomic E-state index is 0.387. The smallest absolute Gasteiger partial charge is 0.127 e. The molecule has 0 unspecified atom stereocenters. The van der Waals surface area contributed by atoms with E-state index in [2.05, 4.69) is 19.1 Å². The third kappa shape index (κ3) is 2.59. The number of hydrogen-bond acceptors (Lipinski definition) is 2. The van der Waals surface area contributed by atoms with Crippen LogP contribution in [0.1, 0.15) is 55.7 Å². The van der Waals surface area contributed by atoms with Crippen LogP contribution in [0.5, 0.6) is 11.5 Å². The number of phenolic OH excluding ortho intramolecular Hbond substituents is 2. The molecule has 1 aliphatic carbocycles. The molecule has 0 saturated heterocycles. The lowest BCUT2D eigenvalue weighted by atomic mass is 9.86. The molecule has 0 aliphatic heterocycles. The van der Waals surface area contributed by atoms with Crippen molar-refractivity contribution < 1.29 is 10.2 Å². The van der Waals surface area contributed by atoms with E-state index >= 15 is 0 Å². The molecule has 0 aromatic heterocycles. The van der Waals surface area contributed by atoms with E-state index in [0.717, 1.165) is 54.0 Å². The second-order valence-corrected chi connectivity index (χ2v) is 6.20. The molecule has 3 rings (SSSR count). The fourth-order valence-corrected chi connectivity index (χ4v) is 3.48. The molecule has 0 bridgehead atoms. The summed E-state index contributed by atoms with van der Waals surface area (Å²) in [5.74, 6) is 0.785. The Morgan fingerprint density at radius 3 is 2.24 bits per heavy atom. The van der Waals surface area contributed by atoms with Gasteiger partial charge in [-0.3, -0.25) is 0 Å². The highest BCUT2D eigenvalue weighted by Gasteiger charge is 2.21. The number of aryl methyl sites for hydroxylation is 1. The van der Waals surface area contributed by atoms with Crippen molar-refractivity contribution in [3.05, 3.63) is 34.9 Å². The summed E-state index contributed by atoms with van der Waals surface area (Å²) in [6, 6.07) is 6.13. The lowest BCUT2D eigenvalue weighted by molar-refractivity contribution is 0.449. The van der Waals surface area contributed by atoms with Crippen molar-refractivity contribution in [3.8, 4) is 11.5 Å². The highest BCUT2D eigenvalue weighted by Crippen LogP contribution is 2.43. The molecule has 2 N–H and O–H groups in total.